The van der Waals surface area contributed by atoms with Gasteiger partial charge in [0.15, 0.2) is 16.3 Å². The van der Waals surface area contributed by atoms with Crippen LogP contribution in [0.15, 0.2) is 70.2 Å². The van der Waals surface area contributed by atoms with Gasteiger partial charge in [0.25, 0.3) is 5.56 Å². The Morgan fingerprint density at radius 2 is 1.92 bits per heavy atom. The molecular weight excluding hydrogens is 514 g/mol. The Labute approximate surface area is 229 Å². The van der Waals surface area contributed by atoms with Crippen LogP contribution in [0.2, 0.25) is 0 Å². The van der Waals surface area contributed by atoms with E-state index in [1.165, 1.54) is 29.2 Å². The predicted molar refractivity (Wildman–Crippen MR) is 151 cm³/mol. The number of aromatic nitrogens is 2. The maximum absolute atomic E-state index is 13.9. The Bertz CT molecular complexity index is 1820. The average molecular weight is 542 g/mol. The van der Waals surface area contributed by atoms with Gasteiger partial charge in [0, 0.05) is 28.9 Å². The highest BCUT2D eigenvalue weighted by molar-refractivity contribution is 7.07. The number of hydrogen-bond acceptors (Lipinski definition) is 7. The number of para-hydroxylation sites is 1. The number of carbonyl (C=O) groups excluding carboxylic acids is 1. The molecule has 1 aliphatic rings. The van der Waals surface area contributed by atoms with Gasteiger partial charge in [-0.1, -0.05) is 41.5 Å². The van der Waals surface area contributed by atoms with Crippen molar-refractivity contribution in [3.05, 3.63) is 91.2 Å². The Balaban J connectivity index is 1.70. The van der Waals surface area contributed by atoms with E-state index < -0.39 is 12.0 Å². The molecular formula is C30H27N3O5S. The van der Waals surface area contributed by atoms with Crippen molar-refractivity contribution in [2.45, 2.75) is 26.4 Å². The fourth-order valence-electron chi connectivity index (χ4n) is 4.75. The van der Waals surface area contributed by atoms with Crippen LogP contribution in [0.25, 0.3) is 17.0 Å². The summed E-state index contributed by atoms with van der Waals surface area (Å²) in [4.78, 5) is 31.7. The molecule has 9 heteroatoms. The Hall–Kier alpha value is -4.55. The van der Waals surface area contributed by atoms with Gasteiger partial charge in [-0.15, -0.1) is 6.42 Å². The summed E-state index contributed by atoms with van der Waals surface area (Å²) in [5.74, 6) is 3.22. The third kappa shape index (κ3) is 4.75. The van der Waals surface area contributed by atoms with Crippen molar-refractivity contribution < 1.29 is 19.0 Å². The van der Waals surface area contributed by atoms with Crippen LogP contribution in [0.4, 0.5) is 0 Å². The molecule has 0 N–H and O–H groups in total. The molecule has 1 aliphatic heterocycles. The van der Waals surface area contributed by atoms with Gasteiger partial charge in [0.2, 0.25) is 0 Å². The largest absolute Gasteiger partial charge is 0.490 e. The van der Waals surface area contributed by atoms with Crippen molar-refractivity contribution in [3.63, 3.8) is 0 Å². The molecule has 2 aromatic carbocycles. The standard InChI is InChI=1S/C30H27N3O5S/c1-5-14-32-18-20(21-10-8-9-11-23(21)32)16-26-28(34)33-27(22(29(35)36-4)17-31-30(33)39-26)19-12-13-24(37-6-2)25(15-19)38-7-3/h1,8-13,15-18,27H,6-7,14H2,2-4H3/b26-16+/t27-/m0/s1. The van der Waals surface area contributed by atoms with E-state index in [2.05, 4.69) is 10.9 Å². The highest BCUT2D eigenvalue weighted by atomic mass is 32.1. The number of terminal acetylenes is 1. The summed E-state index contributed by atoms with van der Waals surface area (Å²) in [5, 5.41) is 0.984. The van der Waals surface area contributed by atoms with Gasteiger partial charge in [-0.3, -0.25) is 9.36 Å². The molecule has 3 heterocycles. The molecule has 0 saturated heterocycles. The molecule has 0 radical (unpaired) electrons. The monoisotopic (exact) mass is 541 g/mol. The number of methoxy groups -OCH3 is 1. The molecule has 4 aromatic rings. The summed E-state index contributed by atoms with van der Waals surface area (Å²) < 4.78 is 20.6. The Morgan fingerprint density at radius 1 is 1.15 bits per heavy atom. The van der Waals surface area contributed by atoms with Gasteiger partial charge in [-0.05, 0) is 43.7 Å². The number of esters is 1. The van der Waals surface area contributed by atoms with E-state index in [9.17, 15) is 9.59 Å². The fraction of sp³-hybridized carbons (Fsp3) is 0.233. The van der Waals surface area contributed by atoms with Crippen LogP contribution in [0.3, 0.4) is 0 Å². The number of hydrogen-bond donors (Lipinski definition) is 0. The lowest BCUT2D eigenvalue weighted by atomic mass is 9.97. The second-order valence-corrected chi connectivity index (χ2v) is 9.69. The quantitative estimate of drug-likeness (QED) is 0.252. The molecule has 1 atom stereocenters. The number of ether oxygens (including phenoxy) is 3. The van der Waals surface area contributed by atoms with Gasteiger partial charge < -0.3 is 18.8 Å². The first-order valence-electron chi connectivity index (χ1n) is 12.5. The van der Waals surface area contributed by atoms with Crippen molar-refractivity contribution in [1.29, 1.82) is 0 Å². The van der Waals surface area contributed by atoms with Crippen molar-refractivity contribution in [2.24, 2.45) is 4.99 Å². The Morgan fingerprint density at radius 3 is 2.67 bits per heavy atom. The zero-order chi connectivity index (χ0) is 27.5. The SMILES string of the molecule is C#CCn1cc(/C=c2/sc3n(c2=O)[C@@H](c2ccc(OCC)c(OCC)c2)C(C(=O)OC)=CN=3)c2ccccc21. The van der Waals surface area contributed by atoms with E-state index in [4.69, 9.17) is 20.6 Å². The third-order valence-corrected chi connectivity index (χ3v) is 7.37. The third-order valence-electron chi connectivity index (χ3n) is 6.38. The van der Waals surface area contributed by atoms with Crippen LogP contribution in [0.1, 0.15) is 31.0 Å². The highest BCUT2D eigenvalue weighted by Gasteiger charge is 2.31. The second kappa shape index (κ2) is 11.1. The van der Waals surface area contributed by atoms with Crippen molar-refractivity contribution in [1.82, 2.24) is 9.13 Å². The number of fused-ring (bicyclic) bond motifs is 2. The maximum atomic E-state index is 13.9. The summed E-state index contributed by atoms with van der Waals surface area (Å²) in [6.45, 7) is 5.09. The molecule has 0 fully saturated rings. The fourth-order valence-corrected chi connectivity index (χ4v) is 5.71. The maximum Gasteiger partial charge on any atom is 0.337 e. The van der Waals surface area contributed by atoms with Crippen LogP contribution in [-0.2, 0) is 16.1 Å². The van der Waals surface area contributed by atoms with Crippen LogP contribution >= 0.6 is 11.3 Å². The smallest absolute Gasteiger partial charge is 0.337 e. The lowest BCUT2D eigenvalue weighted by molar-refractivity contribution is -0.136. The summed E-state index contributed by atoms with van der Waals surface area (Å²) in [7, 11) is 1.31. The molecule has 39 heavy (non-hydrogen) atoms. The molecule has 0 bridgehead atoms. The first-order valence-corrected chi connectivity index (χ1v) is 13.3. The number of rotatable bonds is 8. The average Bonchev–Trinajstić information content (AvgIpc) is 3.46. The topological polar surface area (TPSA) is 84.0 Å². The van der Waals surface area contributed by atoms with E-state index in [0.29, 0.717) is 46.2 Å². The molecule has 0 unspecified atom stereocenters. The molecule has 5 rings (SSSR count). The second-order valence-electron chi connectivity index (χ2n) is 8.68. The molecule has 0 saturated carbocycles. The van der Waals surface area contributed by atoms with Crippen LogP contribution in [-0.4, -0.2) is 35.4 Å². The van der Waals surface area contributed by atoms with Crippen LogP contribution in [0.5, 0.6) is 11.5 Å². The first-order chi connectivity index (χ1) is 19.0. The van der Waals surface area contributed by atoms with Crippen molar-refractivity contribution in [3.8, 4) is 23.8 Å². The Kier molecular flexibility index (Phi) is 7.39. The summed E-state index contributed by atoms with van der Waals surface area (Å²) >= 11 is 1.26. The molecule has 0 spiro atoms. The molecule has 0 amide bonds. The summed E-state index contributed by atoms with van der Waals surface area (Å²) in [5.41, 5.74) is 2.51. The molecule has 8 nitrogen and oxygen atoms in total. The van der Waals surface area contributed by atoms with E-state index >= 15 is 0 Å². The zero-order valence-corrected chi connectivity index (χ0v) is 22.7. The van der Waals surface area contributed by atoms with E-state index in [0.717, 1.165) is 16.5 Å². The minimum atomic E-state index is -0.756. The van der Waals surface area contributed by atoms with Crippen molar-refractivity contribution in [2.75, 3.05) is 20.3 Å². The van der Waals surface area contributed by atoms with E-state index in [1.54, 1.807) is 12.1 Å². The molecule has 198 valence electrons. The van der Waals surface area contributed by atoms with Gasteiger partial charge in [0.05, 0.1) is 43.0 Å². The minimum Gasteiger partial charge on any atom is -0.490 e. The number of benzene rings is 2. The van der Waals surface area contributed by atoms with Gasteiger partial charge in [-0.2, -0.15) is 0 Å². The molecule has 2 aromatic heterocycles. The van der Waals surface area contributed by atoms with Crippen LogP contribution in [0, 0.1) is 12.3 Å². The number of thiazole rings is 1. The van der Waals surface area contributed by atoms with E-state index in [1.807, 2.05) is 61.0 Å². The van der Waals surface area contributed by atoms with Crippen LogP contribution < -0.4 is 24.4 Å². The lowest BCUT2D eigenvalue weighted by Crippen LogP contribution is -2.39. The summed E-state index contributed by atoms with van der Waals surface area (Å²) in [6.07, 6.45) is 10.8. The highest BCUT2D eigenvalue weighted by Crippen LogP contribution is 2.35. The normalized spacial score (nSPS) is 14.8. The zero-order valence-electron chi connectivity index (χ0n) is 21.8. The van der Waals surface area contributed by atoms with Gasteiger partial charge >= 0.3 is 5.97 Å². The van der Waals surface area contributed by atoms with Gasteiger partial charge in [0.1, 0.15) is 0 Å². The predicted octanol–water partition coefficient (Wildman–Crippen LogP) is 3.40. The number of nitrogens with zero attached hydrogens (tertiary/aromatic N) is 3. The van der Waals surface area contributed by atoms with Crippen molar-refractivity contribution >= 4 is 34.3 Å². The minimum absolute atomic E-state index is 0.244. The van der Waals surface area contributed by atoms with E-state index in [-0.39, 0.29) is 11.1 Å². The lowest BCUT2D eigenvalue weighted by Gasteiger charge is -2.23. The van der Waals surface area contributed by atoms with Gasteiger partial charge in [-0.25, -0.2) is 9.79 Å². The number of carbonyl (C=O) groups is 1. The first kappa shape index (κ1) is 26.1. The summed E-state index contributed by atoms with van der Waals surface area (Å²) in [6, 6.07) is 12.6. The molecule has 0 aliphatic carbocycles.